The van der Waals surface area contributed by atoms with E-state index in [0.717, 1.165) is 0 Å². The van der Waals surface area contributed by atoms with Gasteiger partial charge in [0.25, 0.3) is 0 Å². The Morgan fingerprint density at radius 2 is 2.19 bits per heavy atom. The van der Waals surface area contributed by atoms with Crippen LogP contribution in [0.25, 0.3) is 0 Å². The summed E-state index contributed by atoms with van der Waals surface area (Å²) >= 11 is 1.46. The molecule has 1 atom stereocenters. The summed E-state index contributed by atoms with van der Waals surface area (Å²) < 4.78 is 6.64. The number of rotatable bonds is 9. The first kappa shape index (κ1) is 17.8. The second kappa shape index (κ2) is 8.89. The van der Waals surface area contributed by atoms with Gasteiger partial charge in [0, 0.05) is 18.3 Å². The SMILES string of the molecule is CCOC(=O)C(CCSc1n[nH]c(=O)n1CC)NC(C)C. The van der Waals surface area contributed by atoms with Gasteiger partial charge in [0.1, 0.15) is 6.04 Å². The van der Waals surface area contributed by atoms with Crippen LogP contribution >= 0.6 is 11.8 Å². The number of carbonyl (C=O) groups excluding carboxylic acids is 1. The van der Waals surface area contributed by atoms with Crippen LogP contribution < -0.4 is 11.0 Å². The van der Waals surface area contributed by atoms with Crippen LogP contribution in [0.15, 0.2) is 9.95 Å². The van der Waals surface area contributed by atoms with E-state index in [1.54, 1.807) is 11.5 Å². The molecule has 0 aliphatic rings. The van der Waals surface area contributed by atoms with Gasteiger partial charge >= 0.3 is 11.7 Å². The summed E-state index contributed by atoms with van der Waals surface area (Å²) in [4.78, 5) is 23.3. The summed E-state index contributed by atoms with van der Waals surface area (Å²) in [6.45, 7) is 8.61. The third-order valence-corrected chi connectivity index (χ3v) is 3.79. The molecule has 0 saturated heterocycles. The Bertz CT molecular complexity index is 498. The second-order valence-electron chi connectivity index (χ2n) is 4.82. The van der Waals surface area contributed by atoms with Crippen molar-refractivity contribution < 1.29 is 9.53 Å². The highest BCUT2D eigenvalue weighted by atomic mass is 32.2. The van der Waals surface area contributed by atoms with Crippen LogP contribution in [0.5, 0.6) is 0 Å². The molecule has 0 aliphatic heterocycles. The number of H-pyrrole nitrogens is 1. The van der Waals surface area contributed by atoms with Crippen LogP contribution in [-0.4, -0.2) is 45.2 Å². The maximum absolute atomic E-state index is 11.9. The first-order valence-corrected chi connectivity index (χ1v) is 8.18. The fourth-order valence-corrected chi connectivity index (χ4v) is 2.89. The average molecular weight is 316 g/mol. The van der Waals surface area contributed by atoms with Crippen molar-refractivity contribution in [3.05, 3.63) is 10.5 Å². The van der Waals surface area contributed by atoms with Gasteiger partial charge in [0.05, 0.1) is 6.61 Å². The summed E-state index contributed by atoms with van der Waals surface area (Å²) in [7, 11) is 0. The first-order valence-electron chi connectivity index (χ1n) is 7.20. The number of thioether (sulfide) groups is 1. The zero-order valence-electron chi connectivity index (χ0n) is 13.0. The van der Waals surface area contributed by atoms with E-state index in [-0.39, 0.29) is 23.7 Å². The Kier molecular flexibility index (Phi) is 7.52. The molecule has 21 heavy (non-hydrogen) atoms. The van der Waals surface area contributed by atoms with Gasteiger partial charge in [-0.3, -0.25) is 9.36 Å². The zero-order chi connectivity index (χ0) is 15.8. The predicted molar refractivity (Wildman–Crippen MR) is 82.6 cm³/mol. The Labute approximate surface area is 128 Å². The smallest absolute Gasteiger partial charge is 0.343 e. The topological polar surface area (TPSA) is 89.0 Å². The number of hydrogen-bond donors (Lipinski definition) is 2. The summed E-state index contributed by atoms with van der Waals surface area (Å²) in [5.41, 5.74) is -0.206. The number of esters is 1. The van der Waals surface area contributed by atoms with E-state index >= 15 is 0 Å². The number of aromatic nitrogens is 3. The van der Waals surface area contributed by atoms with Gasteiger partial charge in [-0.2, -0.15) is 0 Å². The Morgan fingerprint density at radius 3 is 2.76 bits per heavy atom. The van der Waals surface area contributed by atoms with Crippen molar-refractivity contribution in [2.45, 2.75) is 57.9 Å². The molecule has 0 radical (unpaired) electrons. The molecule has 120 valence electrons. The monoisotopic (exact) mass is 316 g/mol. The highest BCUT2D eigenvalue weighted by Gasteiger charge is 2.20. The number of hydrogen-bond acceptors (Lipinski definition) is 6. The third kappa shape index (κ3) is 5.55. The van der Waals surface area contributed by atoms with Crippen molar-refractivity contribution in [1.29, 1.82) is 0 Å². The van der Waals surface area contributed by atoms with E-state index < -0.39 is 0 Å². The molecule has 0 aromatic carbocycles. The van der Waals surface area contributed by atoms with Crippen molar-refractivity contribution in [2.24, 2.45) is 0 Å². The lowest BCUT2D eigenvalue weighted by Crippen LogP contribution is -2.42. The average Bonchev–Trinajstić information content (AvgIpc) is 2.78. The van der Waals surface area contributed by atoms with Gasteiger partial charge in [-0.15, -0.1) is 5.10 Å². The molecule has 7 nitrogen and oxygen atoms in total. The van der Waals surface area contributed by atoms with Crippen molar-refractivity contribution in [3.8, 4) is 0 Å². The first-order chi connectivity index (χ1) is 9.99. The minimum Gasteiger partial charge on any atom is -0.465 e. The molecular formula is C13H24N4O3S. The molecular weight excluding hydrogens is 292 g/mol. The van der Waals surface area contributed by atoms with E-state index in [9.17, 15) is 9.59 Å². The predicted octanol–water partition coefficient (Wildman–Crippen LogP) is 1.00. The van der Waals surface area contributed by atoms with Gasteiger partial charge in [-0.1, -0.05) is 25.6 Å². The summed E-state index contributed by atoms with van der Waals surface area (Å²) in [6, 6.07) is -0.137. The van der Waals surface area contributed by atoms with E-state index in [1.165, 1.54) is 11.8 Å². The van der Waals surface area contributed by atoms with Crippen LogP contribution in [0.1, 0.15) is 34.1 Å². The lowest BCUT2D eigenvalue weighted by Gasteiger charge is -2.19. The van der Waals surface area contributed by atoms with Crippen molar-refractivity contribution in [1.82, 2.24) is 20.1 Å². The van der Waals surface area contributed by atoms with Gasteiger partial charge in [-0.25, -0.2) is 9.89 Å². The lowest BCUT2D eigenvalue weighted by atomic mass is 10.2. The maximum Gasteiger partial charge on any atom is 0.343 e. The molecule has 1 aromatic rings. The standard InChI is InChI=1S/C13H24N4O3S/c1-5-17-12(19)15-16-13(17)21-8-7-10(14-9(3)4)11(18)20-6-2/h9-10,14H,5-8H2,1-4H3,(H,15,19). The Balaban J connectivity index is 2.56. The molecule has 1 unspecified atom stereocenters. The fourth-order valence-electron chi connectivity index (χ4n) is 1.87. The van der Waals surface area contributed by atoms with Gasteiger partial charge in [-0.05, 0) is 20.3 Å². The highest BCUT2D eigenvalue weighted by Crippen LogP contribution is 2.15. The minimum atomic E-state index is -0.335. The van der Waals surface area contributed by atoms with Crippen molar-refractivity contribution in [2.75, 3.05) is 12.4 Å². The summed E-state index contributed by atoms with van der Waals surface area (Å²) in [5, 5.41) is 10.3. The maximum atomic E-state index is 11.9. The van der Waals surface area contributed by atoms with Crippen LogP contribution in [0.2, 0.25) is 0 Å². The molecule has 0 aliphatic carbocycles. The molecule has 1 heterocycles. The number of aromatic amines is 1. The van der Waals surface area contributed by atoms with Crippen LogP contribution in [0.3, 0.4) is 0 Å². The summed E-state index contributed by atoms with van der Waals surface area (Å²) in [5.74, 6) is 0.440. The van der Waals surface area contributed by atoms with Crippen LogP contribution in [0, 0.1) is 0 Å². The number of ether oxygens (including phenoxy) is 1. The van der Waals surface area contributed by atoms with Crippen LogP contribution in [0.4, 0.5) is 0 Å². The Hall–Kier alpha value is -1.28. The largest absolute Gasteiger partial charge is 0.465 e. The summed E-state index contributed by atoms with van der Waals surface area (Å²) in [6.07, 6.45) is 0.618. The minimum absolute atomic E-state index is 0.198. The number of nitrogens with zero attached hydrogens (tertiary/aromatic N) is 2. The Morgan fingerprint density at radius 1 is 1.48 bits per heavy atom. The van der Waals surface area contributed by atoms with Gasteiger partial charge in [0.15, 0.2) is 5.16 Å². The molecule has 1 rings (SSSR count). The molecule has 0 amide bonds. The van der Waals surface area contributed by atoms with Crippen molar-refractivity contribution >= 4 is 17.7 Å². The number of carbonyl (C=O) groups is 1. The normalized spacial score (nSPS) is 12.6. The molecule has 2 N–H and O–H groups in total. The van der Waals surface area contributed by atoms with E-state index in [2.05, 4.69) is 15.5 Å². The molecule has 0 spiro atoms. The molecule has 8 heteroatoms. The molecule has 0 fully saturated rings. The van der Waals surface area contributed by atoms with Gasteiger partial charge in [0.2, 0.25) is 0 Å². The second-order valence-corrected chi connectivity index (χ2v) is 5.88. The molecule has 1 aromatic heterocycles. The van der Waals surface area contributed by atoms with Gasteiger partial charge < -0.3 is 10.1 Å². The van der Waals surface area contributed by atoms with Crippen LogP contribution in [-0.2, 0) is 16.1 Å². The van der Waals surface area contributed by atoms with E-state index in [1.807, 2.05) is 20.8 Å². The zero-order valence-corrected chi connectivity index (χ0v) is 13.8. The van der Waals surface area contributed by atoms with Crippen molar-refractivity contribution in [3.63, 3.8) is 0 Å². The van der Waals surface area contributed by atoms with E-state index in [0.29, 0.717) is 30.5 Å². The highest BCUT2D eigenvalue weighted by molar-refractivity contribution is 7.99. The quantitative estimate of drug-likeness (QED) is 0.522. The third-order valence-electron chi connectivity index (χ3n) is 2.78. The number of nitrogens with one attached hydrogen (secondary N) is 2. The molecule has 0 saturated carbocycles. The van der Waals surface area contributed by atoms with E-state index in [4.69, 9.17) is 4.74 Å². The lowest BCUT2D eigenvalue weighted by molar-refractivity contribution is -0.145. The fraction of sp³-hybridized carbons (Fsp3) is 0.769. The molecule has 0 bridgehead atoms.